The van der Waals surface area contributed by atoms with E-state index in [0.717, 1.165) is 12.8 Å². The normalized spacial score (nSPS) is 19.9. The lowest BCUT2D eigenvalue weighted by atomic mass is 9.99. The molecule has 1 heterocycles. The van der Waals surface area contributed by atoms with Gasteiger partial charge in [0.2, 0.25) is 0 Å². The molecule has 1 aliphatic heterocycles. The molecule has 1 aliphatic rings. The van der Waals surface area contributed by atoms with Gasteiger partial charge in [0.15, 0.2) is 0 Å². The predicted molar refractivity (Wildman–Crippen MR) is 63.7 cm³/mol. The van der Waals surface area contributed by atoms with Gasteiger partial charge in [-0.1, -0.05) is 0 Å². The number of hydrogen-bond donors (Lipinski definition) is 2. The molecule has 0 unspecified atom stereocenters. The minimum absolute atomic E-state index is 0.0734. The van der Waals surface area contributed by atoms with E-state index >= 15 is 0 Å². The summed E-state index contributed by atoms with van der Waals surface area (Å²) >= 11 is 0. The third-order valence-corrected chi connectivity index (χ3v) is 3.25. The minimum atomic E-state index is -4.20. The van der Waals surface area contributed by atoms with Crippen LogP contribution in [0.2, 0.25) is 0 Å². The molecule has 19 heavy (non-hydrogen) atoms. The maximum Gasteiger partial charge on any atom is 0.390 e. The molecular formula is C12H22F3NO3. The molecule has 0 aliphatic carbocycles. The highest BCUT2D eigenvalue weighted by Gasteiger charge is 2.29. The molecule has 1 saturated heterocycles. The van der Waals surface area contributed by atoms with Crippen LogP contribution in [0, 0.1) is 5.92 Å². The summed E-state index contributed by atoms with van der Waals surface area (Å²) in [6, 6.07) is 0. The van der Waals surface area contributed by atoms with Gasteiger partial charge in [-0.15, -0.1) is 0 Å². The number of ether oxygens (including phenoxy) is 1. The van der Waals surface area contributed by atoms with Crippen molar-refractivity contribution in [1.29, 1.82) is 0 Å². The molecule has 0 amide bonds. The van der Waals surface area contributed by atoms with Gasteiger partial charge in [-0.25, -0.2) is 0 Å². The summed E-state index contributed by atoms with van der Waals surface area (Å²) in [7, 11) is 0. The number of rotatable bonds is 7. The van der Waals surface area contributed by atoms with Gasteiger partial charge in [-0.2, -0.15) is 13.2 Å². The highest BCUT2D eigenvalue weighted by Crippen LogP contribution is 2.21. The SMILES string of the molecule is OC[C@@H](O)CN(CCC(F)(F)F)CC1CCOCC1. The molecular weight excluding hydrogens is 263 g/mol. The van der Waals surface area contributed by atoms with E-state index < -0.39 is 25.3 Å². The van der Waals surface area contributed by atoms with Crippen LogP contribution >= 0.6 is 0 Å². The highest BCUT2D eigenvalue weighted by atomic mass is 19.4. The quantitative estimate of drug-likeness (QED) is 0.733. The van der Waals surface area contributed by atoms with Gasteiger partial charge in [0.25, 0.3) is 0 Å². The molecule has 2 N–H and O–H groups in total. The molecule has 0 aromatic heterocycles. The Hall–Kier alpha value is -0.370. The van der Waals surface area contributed by atoms with Crippen molar-refractivity contribution in [2.75, 3.05) is 39.5 Å². The maximum absolute atomic E-state index is 12.3. The maximum atomic E-state index is 12.3. The molecule has 4 nitrogen and oxygen atoms in total. The van der Waals surface area contributed by atoms with Crippen LogP contribution in [0.5, 0.6) is 0 Å². The summed E-state index contributed by atoms with van der Waals surface area (Å²) in [6.07, 6.45) is -4.42. The summed E-state index contributed by atoms with van der Waals surface area (Å²) in [5, 5.41) is 18.2. The Morgan fingerprint density at radius 2 is 1.89 bits per heavy atom. The smallest absolute Gasteiger partial charge is 0.390 e. The number of halogens is 3. The van der Waals surface area contributed by atoms with Crippen LogP contribution in [0.4, 0.5) is 13.2 Å². The van der Waals surface area contributed by atoms with Gasteiger partial charge in [-0.05, 0) is 18.8 Å². The van der Waals surface area contributed by atoms with Crippen molar-refractivity contribution in [1.82, 2.24) is 4.90 Å². The van der Waals surface area contributed by atoms with Crippen molar-refractivity contribution in [3.8, 4) is 0 Å². The van der Waals surface area contributed by atoms with E-state index in [9.17, 15) is 18.3 Å². The molecule has 7 heteroatoms. The van der Waals surface area contributed by atoms with Gasteiger partial charge in [0.1, 0.15) is 0 Å². The van der Waals surface area contributed by atoms with E-state index in [4.69, 9.17) is 9.84 Å². The zero-order valence-corrected chi connectivity index (χ0v) is 10.9. The van der Waals surface area contributed by atoms with E-state index in [1.165, 1.54) is 0 Å². The molecule has 1 fully saturated rings. The van der Waals surface area contributed by atoms with E-state index in [1.807, 2.05) is 0 Å². The van der Waals surface area contributed by atoms with E-state index in [1.54, 1.807) is 4.90 Å². The van der Waals surface area contributed by atoms with E-state index in [0.29, 0.717) is 25.7 Å². The number of alkyl halides is 3. The lowest BCUT2D eigenvalue weighted by molar-refractivity contribution is -0.139. The summed E-state index contributed by atoms with van der Waals surface area (Å²) in [5.74, 6) is 0.299. The van der Waals surface area contributed by atoms with Crippen molar-refractivity contribution in [2.24, 2.45) is 5.92 Å². The molecule has 0 saturated carbocycles. The van der Waals surface area contributed by atoms with Crippen LogP contribution in [-0.2, 0) is 4.74 Å². The molecule has 1 rings (SSSR count). The van der Waals surface area contributed by atoms with Crippen molar-refractivity contribution in [2.45, 2.75) is 31.5 Å². The van der Waals surface area contributed by atoms with Crippen molar-refractivity contribution < 1.29 is 28.1 Å². The lowest BCUT2D eigenvalue weighted by Gasteiger charge is -2.31. The Balaban J connectivity index is 2.42. The van der Waals surface area contributed by atoms with Crippen LogP contribution in [-0.4, -0.2) is 66.8 Å². The van der Waals surface area contributed by atoms with Gasteiger partial charge in [-0.3, -0.25) is 0 Å². The molecule has 1 atom stereocenters. The first-order valence-corrected chi connectivity index (χ1v) is 6.56. The largest absolute Gasteiger partial charge is 0.394 e. The van der Waals surface area contributed by atoms with Crippen LogP contribution in [0.3, 0.4) is 0 Å². The van der Waals surface area contributed by atoms with Crippen molar-refractivity contribution in [3.63, 3.8) is 0 Å². The van der Waals surface area contributed by atoms with E-state index in [-0.39, 0.29) is 13.1 Å². The first-order chi connectivity index (χ1) is 8.90. The van der Waals surface area contributed by atoms with Gasteiger partial charge < -0.3 is 19.8 Å². The number of aliphatic hydroxyl groups excluding tert-OH is 2. The monoisotopic (exact) mass is 285 g/mol. The second-order valence-electron chi connectivity index (χ2n) is 5.02. The Morgan fingerprint density at radius 3 is 2.42 bits per heavy atom. The second kappa shape index (κ2) is 8.04. The van der Waals surface area contributed by atoms with Gasteiger partial charge in [0, 0.05) is 32.8 Å². The number of aliphatic hydroxyl groups is 2. The fourth-order valence-electron chi connectivity index (χ4n) is 2.19. The molecule has 0 aromatic carbocycles. The minimum Gasteiger partial charge on any atom is -0.394 e. The first kappa shape index (κ1) is 16.7. The Morgan fingerprint density at radius 1 is 1.26 bits per heavy atom. The third-order valence-electron chi connectivity index (χ3n) is 3.25. The first-order valence-electron chi connectivity index (χ1n) is 6.56. The summed E-state index contributed by atoms with van der Waals surface area (Å²) in [5.41, 5.74) is 0. The summed E-state index contributed by atoms with van der Waals surface area (Å²) in [6.45, 7) is 1.29. The number of hydrogen-bond acceptors (Lipinski definition) is 4. The molecule has 0 spiro atoms. The van der Waals surface area contributed by atoms with Gasteiger partial charge in [0.05, 0.1) is 19.1 Å². The molecule has 0 radical (unpaired) electrons. The average molecular weight is 285 g/mol. The molecule has 0 bridgehead atoms. The van der Waals surface area contributed by atoms with Crippen LogP contribution in [0.15, 0.2) is 0 Å². The fraction of sp³-hybridized carbons (Fsp3) is 1.00. The number of nitrogens with zero attached hydrogens (tertiary/aromatic N) is 1. The Bertz CT molecular complexity index is 245. The van der Waals surface area contributed by atoms with E-state index in [2.05, 4.69) is 0 Å². The zero-order chi connectivity index (χ0) is 14.3. The fourth-order valence-corrected chi connectivity index (χ4v) is 2.19. The Labute approximate surface area is 111 Å². The summed E-state index contributed by atoms with van der Waals surface area (Å²) < 4.78 is 42.0. The van der Waals surface area contributed by atoms with Crippen molar-refractivity contribution in [3.05, 3.63) is 0 Å². The van der Waals surface area contributed by atoms with Crippen LogP contribution in [0.1, 0.15) is 19.3 Å². The predicted octanol–water partition coefficient (Wildman–Crippen LogP) is 1.02. The van der Waals surface area contributed by atoms with Crippen molar-refractivity contribution >= 4 is 0 Å². The molecule has 0 aromatic rings. The standard InChI is InChI=1S/C12H22F3NO3/c13-12(14,15)3-4-16(8-11(18)9-17)7-10-1-5-19-6-2-10/h10-11,17-18H,1-9H2/t11-/m0/s1. The zero-order valence-electron chi connectivity index (χ0n) is 10.9. The molecule has 114 valence electrons. The third kappa shape index (κ3) is 7.71. The summed E-state index contributed by atoms with van der Waals surface area (Å²) in [4.78, 5) is 1.59. The average Bonchev–Trinajstić information content (AvgIpc) is 2.36. The Kier molecular flexibility index (Phi) is 7.06. The van der Waals surface area contributed by atoms with Gasteiger partial charge >= 0.3 is 6.18 Å². The highest BCUT2D eigenvalue weighted by molar-refractivity contribution is 4.72. The van der Waals surface area contributed by atoms with Crippen LogP contribution in [0.25, 0.3) is 0 Å². The lowest BCUT2D eigenvalue weighted by Crippen LogP contribution is -2.40. The topological polar surface area (TPSA) is 52.9 Å². The second-order valence-corrected chi connectivity index (χ2v) is 5.02. The van der Waals surface area contributed by atoms with Crippen LogP contribution < -0.4 is 0 Å².